The molecule has 0 spiro atoms. The van der Waals surface area contributed by atoms with Gasteiger partial charge in [0.15, 0.2) is 0 Å². The van der Waals surface area contributed by atoms with E-state index in [1.807, 2.05) is 6.92 Å². The first-order valence-electron chi connectivity index (χ1n) is 5.77. The van der Waals surface area contributed by atoms with Gasteiger partial charge in [0.05, 0.1) is 12.7 Å². The van der Waals surface area contributed by atoms with Gasteiger partial charge in [-0.25, -0.2) is 4.79 Å². The van der Waals surface area contributed by atoms with Gasteiger partial charge in [0.1, 0.15) is 0 Å². The van der Waals surface area contributed by atoms with Gasteiger partial charge in [-0.3, -0.25) is 4.79 Å². The molecule has 1 aliphatic rings. The Morgan fingerprint density at radius 1 is 1.50 bits per heavy atom. The normalized spacial score (nSPS) is 17.5. The van der Waals surface area contributed by atoms with Gasteiger partial charge in [0, 0.05) is 19.2 Å². The van der Waals surface area contributed by atoms with Gasteiger partial charge in [-0.05, 0) is 19.3 Å². The Kier molecular flexibility index (Phi) is 5.02. The van der Waals surface area contributed by atoms with Crippen LogP contribution in [0.1, 0.15) is 39.0 Å². The van der Waals surface area contributed by atoms with Crippen LogP contribution in [0.5, 0.6) is 0 Å². The van der Waals surface area contributed by atoms with Gasteiger partial charge < -0.3 is 9.64 Å². The summed E-state index contributed by atoms with van der Waals surface area (Å²) in [6.45, 7) is 2.71. The third-order valence-corrected chi connectivity index (χ3v) is 2.64. The van der Waals surface area contributed by atoms with Gasteiger partial charge in [0.25, 0.3) is 0 Å². The summed E-state index contributed by atoms with van der Waals surface area (Å²) in [6, 6.07) is 0. The molecule has 16 heavy (non-hydrogen) atoms. The molecule has 4 heteroatoms. The molecule has 1 saturated heterocycles. The summed E-state index contributed by atoms with van der Waals surface area (Å²) < 4.78 is 4.70. The minimum absolute atomic E-state index is 0.101. The van der Waals surface area contributed by atoms with E-state index in [1.54, 1.807) is 11.1 Å². The van der Waals surface area contributed by atoms with Gasteiger partial charge in [-0.15, -0.1) is 0 Å². The third kappa shape index (κ3) is 3.36. The SMILES string of the molecule is CCC/C(=C/N1CCCCC1=O)C(=O)OC. The molecule has 0 atom stereocenters. The molecule has 1 rings (SSSR count). The Morgan fingerprint density at radius 2 is 2.25 bits per heavy atom. The maximum Gasteiger partial charge on any atom is 0.335 e. The van der Waals surface area contributed by atoms with E-state index in [4.69, 9.17) is 4.74 Å². The Labute approximate surface area is 96.3 Å². The third-order valence-electron chi connectivity index (χ3n) is 2.64. The summed E-state index contributed by atoms with van der Waals surface area (Å²) in [5.74, 6) is -0.232. The molecule has 0 aromatic heterocycles. The second kappa shape index (κ2) is 6.30. The van der Waals surface area contributed by atoms with Crippen LogP contribution in [0.25, 0.3) is 0 Å². The van der Waals surface area contributed by atoms with Crippen LogP contribution in [0.3, 0.4) is 0 Å². The van der Waals surface area contributed by atoms with E-state index in [0.29, 0.717) is 25.0 Å². The predicted molar refractivity (Wildman–Crippen MR) is 60.6 cm³/mol. The number of carbonyl (C=O) groups excluding carboxylic acids is 2. The molecule has 1 amide bonds. The zero-order valence-corrected chi connectivity index (χ0v) is 9.99. The van der Waals surface area contributed by atoms with Crippen molar-refractivity contribution in [2.24, 2.45) is 0 Å². The Hall–Kier alpha value is -1.32. The van der Waals surface area contributed by atoms with Crippen molar-refractivity contribution in [1.82, 2.24) is 4.90 Å². The van der Waals surface area contributed by atoms with Crippen LogP contribution < -0.4 is 0 Å². The lowest BCUT2D eigenvalue weighted by Gasteiger charge is -2.24. The van der Waals surface area contributed by atoms with Gasteiger partial charge in [-0.2, -0.15) is 0 Å². The van der Waals surface area contributed by atoms with Crippen LogP contribution in [0.2, 0.25) is 0 Å². The van der Waals surface area contributed by atoms with E-state index >= 15 is 0 Å². The fourth-order valence-corrected chi connectivity index (χ4v) is 1.77. The predicted octanol–water partition coefficient (Wildman–Crippen LogP) is 1.86. The summed E-state index contributed by atoms with van der Waals surface area (Å²) in [5, 5.41) is 0. The average molecular weight is 225 g/mol. The highest BCUT2D eigenvalue weighted by atomic mass is 16.5. The zero-order chi connectivity index (χ0) is 12.0. The number of nitrogens with zero attached hydrogens (tertiary/aromatic N) is 1. The van der Waals surface area contributed by atoms with E-state index in [1.165, 1.54) is 7.11 Å². The number of hydrogen-bond donors (Lipinski definition) is 0. The van der Waals surface area contributed by atoms with Crippen LogP contribution in [0.15, 0.2) is 11.8 Å². The second-order valence-electron chi connectivity index (χ2n) is 3.94. The summed E-state index contributed by atoms with van der Waals surface area (Å²) in [4.78, 5) is 24.7. The van der Waals surface area contributed by atoms with Crippen molar-refractivity contribution in [3.05, 3.63) is 11.8 Å². The van der Waals surface area contributed by atoms with E-state index in [-0.39, 0.29) is 11.9 Å². The van der Waals surface area contributed by atoms with Gasteiger partial charge in [0.2, 0.25) is 5.91 Å². The molecular formula is C12H19NO3. The molecule has 90 valence electrons. The number of methoxy groups -OCH3 is 1. The maximum absolute atomic E-state index is 11.6. The van der Waals surface area contributed by atoms with Crippen LogP contribution >= 0.6 is 0 Å². The number of rotatable bonds is 4. The summed E-state index contributed by atoms with van der Waals surface area (Å²) in [5.41, 5.74) is 0.584. The Morgan fingerprint density at radius 3 is 2.81 bits per heavy atom. The molecule has 0 unspecified atom stereocenters. The quantitative estimate of drug-likeness (QED) is 0.542. The van der Waals surface area contributed by atoms with E-state index < -0.39 is 0 Å². The molecule has 0 radical (unpaired) electrons. The van der Waals surface area contributed by atoms with Crippen molar-refractivity contribution < 1.29 is 14.3 Å². The fraction of sp³-hybridized carbons (Fsp3) is 0.667. The highest BCUT2D eigenvalue weighted by Gasteiger charge is 2.18. The zero-order valence-electron chi connectivity index (χ0n) is 9.99. The van der Waals surface area contributed by atoms with Crippen molar-refractivity contribution in [2.75, 3.05) is 13.7 Å². The lowest BCUT2D eigenvalue weighted by molar-refractivity contribution is -0.136. The number of esters is 1. The Bertz CT molecular complexity index is 297. The van der Waals surface area contributed by atoms with Crippen LogP contribution in [0.4, 0.5) is 0 Å². The second-order valence-corrected chi connectivity index (χ2v) is 3.94. The molecule has 0 N–H and O–H groups in total. The van der Waals surface area contributed by atoms with Crippen molar-refractivity contribution in [3.63, 3.8) is 0 Å². The molecule has 4 nitrogen and oxygen atoms in total. The lowest BCUT2D eigenvalue weighted by Crippen LogP contribution is -2.31. The van der Waals surface area contributed by atoms with Gasteiger partial charge in [-0.1, -0.05) is 13.3 Å². The largest absolute Gasteiger partial charge is 0.466 e. The summed E-state index contributed by atoms with van der Waals surface area (Å²) in [7, 11) is 1.36. The smallest absolute Gasteiger partial charge is 0.335 e. The highest BCUT2D eigenvalue weighted by molar-refractivity contribution is 5.89. The van der Waals surface area contributed by atoms with Crippen LogP contribution in [0, 0.1) is 0 Å². The van der Waals surface area contributed by atoms with E-state index in [9.17, 15) is 9.59 Å². The van der Waals surface area contributed by atoms with Crippen LogP contribution in [-0.4, -0.2) is 30.4 Å². The number of likely N-dealkylation sites (tertiary alicyclic amines) is 1. The number of ether oxygens (including phenoxy) is 1. The summed E-state index contributed by atoms with van der Waals surface area (Å²) in [6.07, 6.45) is 5.71. The molecule has 1 aliphatic heterocycles. The number of amides is 1. The first-order valence-corrected chi connectivity index (χ1v) is 5.77. The Balaban J connectivity index is 2.74. The maximum atomic E-state index is 11.6. The first-order chi connectivity index (χ1) is 7.69. The molecule has 0 aromatic rings. The average Bonchev–Trinajstić information content (AvgIpc) is 2.30. The molecule has 0 saturated carbocycles. The van der Waals surface area contributed by atoms with Crippen molar-refractivity contribution in [1.29, 1.82) is 0 Å². The molecular weight excluding hydrogens is 206 g/mol. The molecule has 0 aliphatic carbocycles. The molecule has 0 aromatic carbocycles. The number of hydrogen-bond acceptors (Lipinski definition) is 3. The first kappa shape index (κ1) is 12.7. The van der Waals surface area contributed by atoms with Gasteiger partial charge >= 0.3 is 5.97 Å². The summed E-state index contributed by atoms with van der Waals surface area (Å²) >= 11 is 0. The molecule has 1 heterocycles. The minimum atomic E-state index is -0.333. The minimum Gasteiger partial charge on any atom is -0.466 e. The highest BCUT2D eigenvalue weighted by Crippen LogP contribution is 2.15. The van der Waals surface area contributed by atoms with E-state index in [0.717, 1.165) is 19.3 Å². The monoisotopic (exact) mass is 225 g/mol. The molecule has 0 bridgehead atoms. The number of carbonyl (C=O) groups is 2. The number of piperidine rings is 1. The standard InChI is InChI=1S/C12H19NO3/c1-3-6-10(12(15)16-2)9-13-8-5-4-7-11(13)14/h9H,3-8H2,1-2H3/b10-9-. The molecule has 1 fully saturated rings. The fourth-order valence-electron chi connectivity index (χ4n) is 1.77. The van der Waals surface area contributed by atoms with Crippen molar-refractivity contribution in [2.45, 2.75) is 39.0 Å². The van der Waals surface area contributed by atoms with Crippen LogP contribution in [-0.2, 0) is 14.3 Å². The topological polar surface area (TPSA) is 46.6 Å². The van der Waals surface area contributed by atoms with E-state index in [2.05, 4.69) is 0 Å². The lowest BCUT2D eigenvalue weighted by atomic mass is 10.1. The van der Waals surface area contributed by atoms with Crippen molar-refractivity contribution in [3.8, 4) is 0 Å². The van der Waals surface area contributed by atoms with Crippen molar-refractivity contribution >= 4 is 11.9 Å².